The van der Waals surface area contributed by atoms with Crippen molar-refractivity contribution in [2.75, 3.05) is 16.8 Å². The monoisotopic (exact) mass is 355 g/mol. The van der Waals surface area contributed by atoms with E-state index in [0.717, 1.165) is 0 Å². The number of hydrogen-bond donors (Lipinski definition) is 2. The Morgan fingerprint density at radius 3 is 2.54 bits per heavy atom. The van der Waals surface area contributed by atoms with E-state index in [9.17, 15) is 23.1 Å². The Balaban J connectivity index is 1.79. The summed E-state index contributed by atoms with van der Waals surface area (Å²) >= 11 is 0. The summed E-state index contributed by atoms with van der Waals surface area (Å²) in [5.41, 5.74) is 0.0754. The number of hydrogen-bond acceptors (Lipinski definition) is 5. The number of carboxylic acids is 1. The Morgan fingerprint density at radius 1 is 1.38 bits per heavy atom. The van der Waals surface area contributed by atoms with E-state index in [4.69, 9.17) is 0 Å². The highest BCUT2D eigenvalue weighted by atomic mass is 32.2. The van der Waals surface area contributed by atoms with Gasteiger partial charge in [-0.15, -0.1) is 0 Å². The van der Waals surface area contributed by atoms with Crippen molar-refractivity contribution in [2.24, 2.45) is 17.3 Å². The zero-order valence-corrected chi connectivity index (χ0v) is 14.6. The molecule has 1 saturated heterocycles. The standard InChI is InChI=1S/C15H21N3O5S/c1-8-6-10(18(17-8)9-4-5-24(22,23)7-9)16-13(19)11-12(14(20)21)15(11,2)3/h6,9,11-12H,4-5,7H2,1-3H3,(H,16,19)(H,20,21)/t9-,11-,12-/m0/s1. The van der Waals surface area contributed by atoms with Crippen molar-refractivity contribution in [1.82, 2.24) is 9.78 Å². The van der Waals surface area contributed by atoms with Crippen LogP contribution >= 0.6 is 0 Å². The van der Waals surface area contributed by atoms with Crippen molar-refractivity contribution in [3.63, 3.8) is 0 Å². The molecule has 2 fully saturated rings. The molecule has 3 rings (SSSR count). The van der Waals surface area contributed by atoms with Gasteiger partial charge in [-0.3, -0.25) is 9.59 Å². The minimum atomic E-state index is -3.07. The summed E-state index contributed by atoms with van der Waals surface area (Å²) < 4.78 is 24.9. The first-order valence-corrected chi connectivity index (χ1v) is 9.65. The molecule has 8 nitrogen and oxygen atoms in total. The van der Waals surface area contributed by atoms with E-state index in [1.165, 1.54) is 0 Å². The maximum absolute atomic E-state index is 12.5. The number of amides is 1. The molecule has 2 heterocycles. The molecule has 0 spiro atoms. The van der Waals surface area contributed by atoms with Crippen LogP contribution in [0.15, 0.2) is 6.07 Å². The van der Waals surface area contributed by atoms with Crippen LogP contribution < -0.4 is 5.32 Å². The maximum Gasteiger partial charge on any atom is 0.307 e. The van der Waals surface area contributed by atoms with E-state index < -0.39 is 33.1 Å². The van der Waals surface area contributed by atoms with E-state index >= 15 is 0 Å². The number of carboxylic acid groups (broad SMARTS) is 1. The zero-order chi connectivity index (χ0) is 17.9. The van der Waals surface area contributed by atoms with Gasteiger partial charge in [0.05, 0.1) is 35.1 Å². The Hall–Kier alpha value is -1.90. The highest BCUT2D eigenvalue weighted by Crippen LogP contribution is 2.58. The molecule has 1 aliphatic carbocycles. The summed E-state index contributed by atoms with van der Waals surface area (Å²) in [5.74, 6) is -2.12. The lowest BCUT2D eigenvalue weighted by Gasteiger charge is -2.14. The number of carbonyl (C=O) groups is 2. The topological polar surface area (TPSA) is 118 Å². The number of nitrogens with one attached hydrogen (secondary N) is 1. The van der Waals surface area contributed by atoms with Gasteiger partial charge in [-0.05, 0) is 18.8 Å². The number of sulfone groups is 1. The average Bonchev–Trinajstić information content (AvgIpc) is 2.70. The fourth-order valence-electron chi connectivity index (χ4n) is 3.65. The molecule has 1 aliphatic heterocycles. The van der Waals surface area contributed by atoms with Gasteiger partial charge in [0, 0.05) is 6.07 Å². The van der Waals surface area contributed by atoms with Crippen LogP contribution in [0, 0.1) is 24.2 Å². The number of aliphatic carboxylic acids is 1. The van der Waals surface area contributed by atoms with E-state index in [2.05, 4.69) is 10.4 Å². The summed E-state index contributed by atoms with van der Waals surface area (Å²) in [6, 6.07) is 1.37. The predicted molar refractivity (Wildman–Crippen MR) is 86.3 cm³/mol. The van der Waals surface area contributed by atoms with Gasteiger partial charge in [-0.25, -0.2) is 13.1 Å². The lowest BCUT2D eigenvalue weighted by atomic mass is 10.1. The Labute approximate surface area is 140 Å². The molecule has 0 aromatic carbocycles. The van der Waals surface area contributed by atoms with Crippen LogP contribution in [-0.2, 0) is 19.4 Å². The number of rotatable bonds is 4. The molecule has 0 bridgehead atoms. The molecule has 1 aromatic rings. The number of aryl methyl sites for hydroxylation is 1. The zero-order valence-electron chi connectivity index (χ0n) is 13.8. The number of aromatic nitrogens is 2. The number of carbonyl (C=O) groups excluding carboxylic acids is 1. The van der Waals surface area contributed by atoms with Gasteiger partial charge in [0.1, 0.15) is 5.82 Å². The molecule has 1 aromatic heterocycles. The van der Waals surface area contributed by atoms with Crippen molar-refractivity contribution in [3.05, 3.63) is 11.8 Å². The third kappa shape index (κ3) is 2.81. The highest BCUT2D eigenvalue weighted by Gasteiger charge is 2.66. The van der Waals surface area contributed by atoms with E-state index in [1.807, 2.05) is 0 Å². The van der Waals surface area contributed by atoms with Crippen LogP contribution in [0.4, 0.5) is 5.82 Å². The van der Waals surface area contributed by atoms with Gasteiger partial charge in [0.25, 0.3) is 0 Å². The SMILES string of the molecule is Cc1cc(NC(=O)[C@@H]2[C@@H](C(=O)O)C2(C)C)n([C@H]2CCS(=O)(=O)C2)n1. The highest BCUT2D eigenvalue weighted by molar-refractivity contribution is 7.91. The molecule has 0 radical (unpaired) electrons. The molecule has 1 amide bonds. The summed E-state index contributed by atoms with van der Waals surface area (Å²) in [6.07, 6.45) is 0.457. The molecular weight excluding hydrogens is 334 g/mol. The van der Waals surface area contributed by atoms with Gasteiger partial charge < -0.3 is 10.4 Å². The van der Waals surface area contributed by atoms with Crippen molar-refractivity contribution < 1.29 is 23.1 Å². The van der Waals surface area contributed by atoms with Gasteiger partial charge in [0.15, 0.2) is 9.84 Å². The second-order valence-corrected chi connectivity index (χ2v) is 9.51. The Kier molecular flexibility index (Phi) is 3.74. The smallest absolute Gasteiger partial charge is 0.307 e. The first-order chi connectivity index (χ1) is 11.0. The number of anilines is 1. The molecule has 2 N–H and O–H groups in total. The molecule has 24 heavy (non-hydrogen) atoms. The van der Waals surface area contributed by atoms with Crippen molar-refractivity contribution in [2.45, 2.75) is 33.2 Å². The number of nitrogens with zero attached hydrogens (tertiary/aromatic N) is 2. The lowest BCUT2D eigenvalue weighted by Crippen LogP contribution is -2.22. The summed E-state index contributed by atoms with van der Waals surface area (Å²) in [7, 11) is -3.07. The largest absolute Gasteiger partial charge is 0.481 e. The molecule has 3 atom stereocenters. The molecule has 2 aliphatic rings. The first-order valence-electron chi connectivity index (χ1n) is 7.83. The van der Waals surface area contributed by atoms with Crippen LogP contribution in [0.2, 0.25) is 0 Å². The molecule has 1 saturated carbocycles. The third-order valence-electron chi connectivity index (χ3n) is 5.04. The molecule has 132 valence electrons. The van der Waals surface area contributed by atoms with Gasteiger partial charge in [0.2, 0.25) is 5.91 Å². The molecule has 0 unspecified atom stereocenters. The second-order valence-electron chi connectivity index (χ2n) is 7.28. The quantitative estimate of drug-likeness (QED) is 0.826. The second kappa shape index (κ2) is 5.30. The van der Waals surface area contributed by atoms with Gasteiger partial charge >= 0.3 is 5.97 Å². The fourth-order valence-corrected chi connectivity index (χ4v) is 5.34. The Morgan fingerprint density at radius 2 is 2.04 bits per heavy atom. The van der Waals surface area contributed by atoms with E-state index in [1.54, 1.807) is 31.5 Å². The maximum atomic E-state index is 12.5. The van der Waals surface area contributed by atoms with Crippen LogP contribution in [0.3, 0.4) is 0 Å². The van der Waals surface area contributed by atoms with Crippen molar-refractivity contribution >= 4 is 27.5 Å². The Bertz CT molecular complexity index is 811. The van der Waals surface area contributed by atoms with Crippen LogP contribution in [0.1, 0.15) is 32.0 Å². The van der Waals surface area contributed by atoms with Crippen LogP contribution in [0.25, 0.3) is 0 Å². The average molecular weight is 355 g/mol. The first kappa shape index (κ1) is 16.9. The third-order valence-corrected chi connectivity index (χ3v) is 6.79. The fraction of sp³-hybridized carbons (Fsp3) is 0.667. The summed E-state index contributed by atoms with van der Waals surface area (Å²) in [6.45, 7) is 5.26. The van der Waals surface area contributed by atoms with Crippen molar-refractivity contribution in [3.8, 4) is 0 Å². The predicted octanol–water partition coefficient (Wildman–Crippen LogP) is 0.846. The minimum Gasteiger partial charge on any atom is -0.481 e. The summed E-state index contributed by atoms with van der Waals surface area (Å²) in [4.78, 5) is 23.7. The van der Waals surface area contributed by atoms with E-state index in [-0.39, 0.29) is 23.5 Å². The van der Waals surface area contributed by atoms with Crippen LogP contribution in [-0.4, -0.2) is 46.7 Å². The van der Waals surface area contributed by atoms with Crippen LogP contribution in [0.5, 0.6) is 0 Å². The minimum absolute atomic E-state index is 0.00363. The van der Waals surface area contributed by atoms with Crippen molar-refractivity contribution in [1.29, 1.82) is 0 Å². The van der Waals surface area contributed by atoms with Gasteiger partial charge in [-0.2, -0.15) is 5.10 Å². The lowest BCUT2D eigenvalue weighted by molar-refractivity contribution is -0.140. The van der Waals surface area contributed by atoms with E-state index in [0.29, 0.717) is 17.9 Å². The summed E-state index contributed by atoms with van der Waals surface area (Å²) in [5, 5.41) is 16.2. The molecular formula is C15H21N3O5S. The van der Waals surface area contributed by atoms with Gasteiger partial charge in [-0.1, -0.05) is 13.8 Å². The molecule has 9 heteroatoms. The normalized spacial score (nSPS) is 30.0.